The summed E-state index contributed by atoms with van der Waals surface area (Å²) in [6.07, 6.45) is -1.12. The number of hydrogen-bond donors (Lipinski definition) is 1. The lowest BCUT2D eigenvalue weighted by molar-refractivity contribution is -0.180. The fourth-order valence-electron chi connectivity index (χ4n) is 2.37. The van der Waals surface area contributed by atoms with Gasteiger partial charge in [-0.15, -0.1) is 0 Å². The molecule has 1 aliphatic heterocycles. The van der Waals surface area contributed by atoms with Crippen LogP contribution < -0.4 is 0 Å². The molecule has 1 fully saturated rings. The Bertz CT molecular complexity index is 474. The van der Waals surface area contributed by atoms with Gasteiger partial charge in [0.25, 0.3) is 5.91 Å². The lowest BCUT2D eigenvalue weighted by atomic mass is 10.0. The summed E-state index contributed by atoms with van der Waals surface area (Å²) in [6.45, 7) is 3.61. The predicted molar refractivity (Wildman–Crippen MR) is 68.4 cm³/mol. The molecule has 19 heavy (non-hydrogen) atoms. The molecule has 1 N–H and O–H groups in total. The van der Waals surface area contributed by atoms with Crippen LogP contribution in [0, 0.1) is 0 Å². The first-order chi connectivity index (χ1) is 9.00. The maximum atomic E-state index is 12.1. The van der Waals surface area contributed by atoms with Crippen LogP contribution in [0.25, 0.3) is 0 Å². The van der Waals surface area contributed by atoms with Crippen molar-refractivity contribution in [2.75, 3.05) is 0 Å². The van der Waals surface area contributed by atoms with E-state index in [1.807, 2.05) is 30.3 Å². The Labute approximate surface area is 111 Å². The summed E-state index contributed by atoms with van der Waals surface area (Å²) in [5.41, 5.74) is 0.906. The fraction of sp³-hybridized carbons (Fsp3) is 0.429. The minimum absolute atomic E-state index is 0.283. The third-order valence-corrected chi connectivity index (χ3v) is 3.28. The summed E-state index contributed by atoms with van der Waals surface area (Å²) in [6, 6.07) is 8.41. The molecule has 0 radical (unpaired) electrons. The molecule has 1 aromatic rings. The number of benzene rings is 1. The van der Waals surface area contributed by atoms with E-state index >= 15 is 0 Å². The number of carbonyl (C=O) groups excluding carboxylic acids is 1. The summed E-state index contributed by atoms with van der Waals surface area (Å²) in [7, 11) is 0. The van der Waals surface area contributed by atoms with Gasteiger partial charge >= 0.3 is 5.97 Å². The molecule has 1 amide bonds. The van der Waals surface area contributed by atoms with E-state index in [2.05, 4.69) is 0 Å². The van der Waals surface area contributed by atoms with E-state index in [0.717, 1.165) is 5.56 Å². The molecule has 102 valence electrons. The van der Waals surface area contributed by atoms with Crippen molar-refractivity contribution in [2.45, 2.75) is 38.6 Å². The van der Waals surface area contributed by atoms with E-state index < -0.39 is 24.2 Å². The Balaban J connectivity index is 2.26. The van der Waals surface area contributed by atoms with Gasteiger partial charge in [-0.25, -0.2) is 4.79 Å². The molecule has 2 rings (SSSR count). The first kappa shape index (κ1) is 13.5. The molecular formula is C14H17NO4. The molecule has 1 heterocycles. The van der Waals surface area contributed by atoms with Crippen LogP contribution in [-0.2, 0) is 20.9 Å². The Morgan fingerprint density at radius 1 is 1.32 bits per heavy atom. The summed E-state index contributed by atoms with van der Waals surface area (Å²) in [4.78, 5) is 24.9. The number of hydrogen-bond acceptors (Lipinski definition) is 3. The van der Waals surface area contributed by atoms with Crippen LogP contribution in [0.2, 0.25) is 0 Å². The lowest BCUT2D eigenvalue weighted by Gasteiger charge is -2.40. The van der Waals surface area contributed by atoms with Gasteiger partial charge < -0.3 is 14.7 Å². The zero-order valence-electron chi connectivity index (χ0n) is 10.9. The van der Waals surface area contributed by atoms with E-state index in [1.54, 1.807) is 13.8 Å². The average molecular weight is 263 g/mol. The largest absolute Gasteiger partial charge is 0.480 e. The zero-order chi connectivity index (χ0) is 14.0. The summed E-state index contributed by atoms with van der Waals surface area (Å²) < 4.78 is 5.37. The second-order valence-electron chi connectivity index (χ2n) is 4.72. The minimum atomic E-state index is -1.04. The van der Waals surface area contributed by atoms with Gasteiger partial charge in [-0.1, -0.05) is 30.3 Å². The predicted octanol–water partition coefficient (Wildman–Crippen LogP) is 1.28. The third-order valence-electron chi connectivity index (χ3n) is 3.28. The lowest BCUT2D eigenvalue weighted by Crippen LogP contribution is -2.59. The van der Waals surface area contributed by atoms with Crippen molar-refractivity contribution in [3.63, 3.8) is 0 Å². The van der Waals surface area contributed by atoms with Crippen molar-refractivity contribution >= 4 is 11.9 Å². The normalized spacial score (nSPS) is 27.4. The first-order valence-corrected chi connectivity index (χ1v) is 6.23. The van der Waals surface area contributed by atoms with Gasteiger partial charge in [-0.05, 0) is 19.4 Å². The van der Waals surface area contributed by atoms with E-state index in [0.29, 0.717) is 0 Å². The Morgan fingerprint density at radius 2 is 1.95 bits per heavy atom. The monoisotopic (exact) mass is 263 g/mol. The van der Waals surface area contributed by atoms with Gasteiger partial charge in [-0.2, -0.15) is 0 Å². The standard InChI is InChI=1S/C14H17NO4/c1-9-12(14(17)18)15(13(16)10(2)19-9)8-11-6-4-3-5-7-11/h3-7,9-10,12H,8H2,1-2H3,(H,17,18). The smallest absolute Gasteiger partial charge is 0.329 e. The molecule has 0 bridgehead atoms. The number of aliphatic carboxylic acids is 1. The third kappa shape index (κ3) is 2.76. The van der Waals surface area contributed by atoms with Crippen molar-refractivity contribution in [3.8, 4) is 0 Å². The van der Waals surface area contributed by atoms with Gasteiger partial charge in [0.15, 0.2) is 6.04 Å². The SMILES string of the molecule is CC1OC(C)C(C(=O)O)N(Cc2ccccc2)C1=O. The van der Waals surface area contributed by atoms with Crippen LogP contribution in [0.4, 0.5) is 0 Å². The molecule has 1 aliphatic rings. The quantitative estimate of drug-likeness (QED) is 0.892. The molecule has 3 atom stereocenters. The molecule has 5 heteroatoms. The second-order valence-corrected chi connectivity index (χ2v) is 4.72. The fourth-order valence-corrected chi connectivity index (χ4v) is 2.37. The number of nitrogens with zero attached hydrogens (tertiary/aromatic N) is 1. The molecule has 0 saturated carbocycles. The van der Waals surface area contributed by atoms with Crippen LogP contribution >= 0.6 is 0 Å². The van der Waals surface area contributed by atoms with Crippen molar-refractivity contribution in [1.29, 1.82) is 0 Å². The van der Waals surface area contributed by atoms with Crippen LogP contribution in [0.15, 0.2) is 30.3 Å². The topological polar surface area (TPSA) is 66.8 Å². The van der Waals surface area contributed by atoms with Gasteiger partial charge in [0.1, 0.15) is 6.10 Å². The zero-order valence-corrected chi connectivity index (χ0v) is 10.9. The van der Waals surface area contributed by atoms with E-state index in [9.17, 15) is 14.7 Å². The van der Waals surface area contributed by atoms with E-state index in [-0.39, 0.29) is 12.5 Å². The average Bonchev–Trinajstić information content (AvgIpc) is 2.36. The maximum Gasteiger partial charge on any atom is 0.329 e. The highest BCUT2D eigenvalue weighted by molar-refractivity contribution is 5.87. The number of morpholine rings is 1. The van der Waals surface area contributed by atoms with E-state index in [1.165, 1.54) is 4.90 Å². The number of ether oxygens (including phenoxy) is 1. The first-order valence-electron chi connectivity index (χ1n) is 6.23. The van der Waals surface area contributed by atoms with Gasteiger partial charge in [0.05, 0.1) is 6.10 Å². The molecule has 1 aromatic carbocycles. The maximum absolute atomic E-state index is 12.1. The minimum Gasteiger partial charge on any atom is -0.480 e. The molecule has 0 aliphatic carbocycles. The summed E-state index contributed by atoms with van der Waals surface area (Å²) >= 11 is 0. The van der Waals surface area contributed by atoms with Gasteiger partial charge in [0, 0.05) is 6.54 Å². The number of carboxylic acids is 1. The van der Waals surface area contributed by atoms with Crippen LogP contribution in [0.5, 0.6) is 0 Å². The molecule has 0 aromatic heterocycles. The van der Waals surface area contributed by atoms with Crippen LogP contribution in [0.1, 0.15) is 19.4 Å². The van der Waals surface area contributed by atoms with Crippen molar-refractivity contribution in [3.05, 3.63) is 35.9 Å². The van der Waals surface area contributed by atoms with Crippen LogP contribution in [-0.4, -0.2) is 40.1 Å². The molecule has 3 unspecified atom stereocenters. The highest BCUT2D eigenvalue weighted by Gasteiger charge is 2.42. The molecule has 0 spiro atoms. The van der Waals surface area contributed by atoms with Crippen molar-refractivity contribution in [2.24, 2.45) is 0 Å². The summed E-state index contributed by atoms with van der Waals surface area (Å²) in [5.74, 6) is -1.32. The van der Waals surface area contributed by atoms with E-state index in [4.69, 9.17) is 4.74 Å². The van der Waals surface area contributed by atoms with Gasteiger partial charge in [0.2, 0.25) is 0 Å². The number of carbonyl (C=O) groups is 2. The highest BCUT2D eigenvalue weighted by atomic mass is 16.5. The second kappa shape index (κ2) is 5.40. The van der Waals surface area contributed by atoms with Gasteiger partial charge in [-0.3, -0.25) is 4.79 Å². The number of amides is 1. The Morgan fingerprint density at radius 3 is 2.53 bits per heavy atom. The highest BCUT2D eigenvalue weighted by Crippen LogP contribution is 2.22. The Kier molecular flexibility index (Phi) is 3.85. The van der Waals surface area contributed by atoms with Crippen molar-refractivity contribution < 1.29 is 19.4 Å². The summed E-state index contributed by atoms with van der Waals surface area (Å²) in [5, 5.41) is 9.29. The Hall–Kier alpha value is -1.88. The van der Waals surface area contributed by atoms with Crippen molar-refractivity contribution in [1.82, 2.24) is 4.90 Å². The molecule has 1 saturated heterocycles. The number of carboxylic acid groups (broad SMARTS) is 1. The number of rotatable bonds is 3. The molecule has 5 nitrogen and oxygen atoms in total. The van der Waals surface area contributed by atoms with Crippen LogP contribution in [0.3, 0.4) is 0 Å². The molecular weight excluding hydrogens is 246 g/mol.